The summed E-state index contributed by atoms with van der Waals surface area (Å²) in [6.07, 6.45) is 17.5. The number of esters is 1. The molecule has 0 amide bonds. The van der Waals surface area contributed by atoms with E-state index in [0.717, 1.165) is 112 Å². The van der Waals surface area contributed by atoms with Crippen LogP contribution in [0.2, 0.25) is 0 Å². The lowest BCUT2D eigenvalue weighted by Gasteiger charge is -2.39. The van der Waals surface area contributed by atoms with E-state index in [1.807, 2.05) is 33.7 Å². The van der Waals surface area contributed by atoms with E-state index < -0.39 is 18.2 Å². The molecule has 1 saturated heterocycles. The van der Waals surface area contributed by atoms with Crippen molar-refractivity contribution >= 4 is 33.6 Å². The zero-order valence-electron chi connectivity index (χ0n) is 43.5. The number of ether oxygens (including phenoxy) is 4. The van der Waals surface area contributed by atoms with Crippen molar-refractivity contribution in [2.75, 3.05) is 32.6 Å². The molecule has 2 saturated carbocycles. The summed E-state index contributed by atoms with van der Waals surface area (Å²) in [6, 6.07) is 18.7. The standard InChI is InChI=1S/C62H70N4O8S2/c1-35(68)72-33-48-44-16-17-45-54-40(28-42(69)29-51(54)71-2)31-62-22-21-37(30-62)25-39-15-20-53(63)66-49(39)14-7-13-43-47(32-64-23-8-24-67)57(70)60-46(55(43)58(48)73-59(44)56(45)62)18-19-50-61(74-60)52(27-36-9-4-3-5-10-36)76-75-34-38-11-6-12-41(26-38)65-50/h3-5,9-10,15-20,28-29,37-38,41,48,50,52-53,58,61,64-67,69-70H,6,8,11-13,21-27,30-34,63H2,1-2H3. The number of rotatable bonds is 10. The van der Waals surface area contributed by atoms with Crippen molar-refractivity contribution in [1.29, 1.82) is 0 Å². The van der Waals surface area contributed by atoms with Gasteiger partial charge in [-0.1, -0.05) is 94.6 Å². The average molecular weight is 1060 g/mol. The summed E-state index contributed by atoms with van der Waals surface area (Å²) in [5.74, 6) is 10.3. The van der Waals surface area contributed by atoms with Crippen molar-refractivity contribution in [3.05, 3.63) is 129 Å². The Balaban J connectivity index is 1.11. The van der Waals surface area contributed by atoms with Crippen molar-refractivity contribution in [3.63, 3.8) is 0 Å². The Morgan fingerprint density at radius 1 is 1.04 bits per heavy atom. The molecule has 398 valence electrons. The Labute approximate surface area is 454 Å². The molecule has 5 heterocycles. The molecule has 12 nitrogen and oxygen atoms in total. The summed E-state index contributed by atoms with van der Waals surface area (Å²) in [7, 11) is 5.51. The lowest BCUT2D eigenvalue weighted by atomic mass is 9.65. The molecule has 12 rings (SSSR count). The summed E-state index contributed by atoms with van der Waals surface area (Å²) in [5, 5.41) is 45.5. The van der Waals surface area contributed by atoms with Crippen LogP contribution in [0.5, 0.6) is 28.7 Å². The number of benzene rings is 4. The molecular formula is C62H70N4O8S2. The van der Waals surface area contributed by atoms with Gasteiger partial charge in [-0.2, -0.15) is 0 Å². The van der Waals surface area contributed by atoms with E-state index in [1.54, 1.807) is 13.2 Å². The Morgan fingerprint density at radius 3 is 2.76 bits per heavy atom. The smallest absolute Gasteiger partial charge is 0.302 e. The summed E-state index contributed by atoms with van der Waals surface area (Å²) in [6.45, 7) is 2.31. The topological polar surface area (TPSA) is 177 Å². The van der Waals surface area contributed by atoms with Crippen LogP contribution in [0, 0.1) is 23.7 Å². The molecule has 76 heavy (non-hydrogen) atoms. The fourth-order valence-electron chi connectivity index (χ4n) is 14.1. The molecule has 4 aromatic carbocycles. The van der Waals surface area contributed by atoms with Gasteiger partial charge in [-0.3, -0.25) is 4.79 Å². The number of carbonyl (C=O) groups is 1. The van der Waals surface area contributed by atoms with Crippen LogP contribution in [0.4, 0.5) is 0 Å². The highest BCUT2D eigenvalue weighted by Gasteiger charge is 2.52. The SMILES string of the molecule is COc1cc(O)cc2c1-c1ccc3c4c1C1(CCC(CC5=C(C#CCc6c(CNCCCO)c(O)c7c(c6C(O4)C3COC(C)=O)C=CC3NC4CCCC(CSSC(Cc6ccccc6)C3O7)C4)NC(N)C=C5)C1)C2. The summed E-state index contributed by atoms with van der Waals surface area (Å²) in [5.41, 5.74) is 17.4. The number of allylic oxidation sites excluding steroid dienone is 3. The van der Waals surface area contributed by atoms with Crippen LogP contribution >= 0.6 is 21.6 Å². The fourth-order valence-corrected chi connectivity index (χ4v) is 17.3. The maximum atomic E-state index is 13.2. The molecule has 10 atom stereocenters. The van der Waals surface area contributed by atoms with Gasteiger partial charge in [0.15, 0.2) is 11.5 Å². The largest absolute Gasteiger partial charge is 0.508 e. The van der Waals surface area contributed by atoms with Crippen LogP contribution in [-0.4, -0.2) is 83.5 Å². The lowest BCUT2D eigenvalue weighted by molar-refractivity contribution is -0.141. The van der Waals surface area contributed by atoms with Crippen molar-refractivity contribution in [2.45, 2.75) is 138 Å². The predicted octanol–water partition coefficient (Wildman–Crippen LogP) is 9.57. The maximum Gasteiger partial charge on any atom is 0.302 e. The second kappa shape index (κ2) is 21.7. The van der Waals surface area contributed by atoms with Gasteiger partial charge in [-0.05, 0) is 128 Å². The first kappa shape index (κ1) is 51.2. The number of phenols is 2. The third-order valence-electron chi connectivity index (χ3n) is 17.5. The number of hydrogen-bond acceptors (Lipinski definition) is 14. The highest BCUT2D eigenvalue weighted by molar-refractivity contribution is 8.77. The number of aliphatic hydroxyl groups excluding tert-OH is 1. The number of methoxy groups -OCH3 is 1. The highest BCUT2D eigenvalue weighted by atomic mass is 33.1. The molecule has 3 fully saturated rings. The van der Waals surface area contributed by atoms with Gasteiger partial charge in [-0.15, -0.1) is 0 Å². The molecule has 10 unspecified atom stereocenters. The number of nitrogens with one attached hydrogen (secondary N) is 3. The molecule has 0 radical (unpaired) electrons. The van der Waals surface area contributed by atoms with Crippen LogP contribution in [0.1, 0.15) is 121 Å². The van der Waals surface area contributed by atoms with E-state index >= 15 is 0 Å². The molecule has 8 aliphatic rings. The number of phenolic OH excluding ortho intramolecular Hbond substituents is 2. The normalized spacial score (nSPS) is 28.7. The van der Waals surface area contributed by atoms with Gasteiger partial charge < -0.3 is 56.0 Å². The van der Waals surface area contributed by atoms with Crippen LogP contribution in [0.25, 0.3) is 17.2 Å². The highest BCUT2D eigenvalue weighted by Crippen LogP contribution is 2.63. The van der Waals surface area contributed by atoms with Gasteiger partial charge in [0.1, 0.15) is 36.1 Å². The molecule has 4 aromatic rings. The number of carbonyl (C=O) groups excluding carboxylic acids is 1. The lowest BCUT2D eigenvalue weighted by Crippen LogP contribution is -2.52. The number of aromatic hydroxyl groups is 2. The number of aliphatic hydroxyl groups is 1. The van der Waals surface area contributed by atoms with E-state index in [4.69, 9.17) is 24.7 Å². The van der Waals surface area contributed by atoms with Gasteiger partial charge in [0.2, 0.25) is 0 Å². The maximum absolute atomic E-state index is 13.2. The Morgan fingerprint density at radius 2 is 1.92 bits per heavy atom. The first-order valence-corrected chi connectivity index (χ1v) is 29.9. The first-order chi connectivity index (χ1) is 37.1. The third kappa shape index (κ3) is 9.79. The van der Waals surface area contributed by atoms with Gasteiger partial charge >= 0.3 is 5.97 Å². The second-order valence-electron chi connectivity index (χ2n) is 22.4. The molecule has 5 aliphatic heterocycles. The minimum absolute atomic E-state index is 0.00245. The number of nitrogens with two attached hydrogens (primary N) is 1. The van der Waals surface area contributed by atoms with E-state index in [1.165, 1.54) is 25.3 Å². The quantitative estimate of drug-likeness (QED) is 0.0346. The Bertz CT molecular complexity index is 3060. The minimum atomic E-state index is -0.716. The van der Waals surface area contributed by atoms with Crippen LogP contribution in [0.15, 0.2) is 84.1 Å². The van der Waals surface area contributed by atoms with Crippen molar-refractivity contribution in [1.82, 2.24) is 16.0 Å². The van der Waals surface area contributed by atoms with Gasteiger partial charge in [0, 0.05) is 83.2 Å². The van der Waals surface area contributed by atoms with Gasteiger partial charge in [0.25, 0.3) is 0 Å². The summed E-state index contributed by atoms with van der Waals surface area (Å²) in [4.78, 5) is 13.0. The molecule has 8 N–H and O–H groups in total. The minimum Gasteiger partial charge on any atom is -0.508 e. The zero-order chi connectivity index (χ0) is 52.1. The molecule has 1 spiro atoms. The average Bonchev–Trinajstić information content (AvgIpc) is 4.15. The summed E-state index contributed by atoms with van der Waals surface area (Å²) < 4.78 is 27.6. The van der Waals surface area contributed by atoms with Gasteiger partial charge in [-0.25, -0.2) is 0 Å². The van der Waals surface area contributed by atoms with Crippen molar-refractivity contribution in [3.8, 4) is 51.7 Å². The number of dihydropyridines is 1. The van der Waals surface area contributed by atoms with E-state index in [2.05, 4.69) is 88.5 Å². The van der Waals surface area contributed by atoms with E-state index in [-0.39, 0.29) is 66.5 Å². The van der Waals surface area contributed by atoms with Crippen molar-refractivity contribution < 1.29 is 39.1 Å². The molecule has 0 aromatic heterocycles. The number of fused-ring (bicyclic) bond motifs is 11. The number of hydrogen-bond donors (Lipinski definition) is 7. The predicted molar refractivity (Wildman–Crippen MR) is 301 cm³/mol. The van der Waals surface area contributed by atoms with Crippen LogP contribution in [0.3, 0.4) is 0 Å². The van der Waals surface area contributed by atoms with E-state index in [0.29, 0.717) is 54.3 Å². The van der Waals surface area contributed by atoms with Gasteiger partial charge in [0.05, 0.1) is 36.2 Å². The molecule has 3 aliphatic carbocycles. The first-order valence-electron chi connectivity index (χ1n) is 27.5. The van der Waals surface area contributed by atoms with Crippen molar-refractivity contribution in [2.24, 2.45) is 17.6 Å². The van der Waals surface area contributed by atoms with Crippen LogP contribution < -0.4 is 35.9 Å². The monoisotopic (exact) mass is 1060 g/mol. The third-order valence-corrected chi connectivity index (χ3v) is 20.5. The summed E-state index contributed by atoms with van der Waals surface area (Å²) >= 11 is 0. The Kier molecular flexibility index (Phi) is 14.6. The molecule has 14 heteroatoms. The molecule has 6 bridgehead atoms. The zero-order valence-corrected chi connectivity index (χ0v) is 45.1. The Hall–Kier alpha value is -5.53. The molecular weight excluding hydrogens is 993 g/mol. The second-order valence-corrected chi connectivity index (χ2v) is 25.1. The van der Waals surface area contributed by atoms with Crippen LogP contribution in [-0.2, 0) is 40.8 Å². The van der Waals surface area contributed by atoms with E-state index in [9.17, 15) is 20.1 Å². The fraction of sp³-hybridized carbons (Fsp3) is 0.468.